The lowest BCUT2D eigenvalue weighted by atomic mass is 9.68. The molecule has 2 aromatic rings. The fourth-order valence-corrected chi connectivity index (χ4v) is 5.40. The van der Waals surface area contributed by atoms with Crippen molar-refractivity contribution in [2.75, 3.05) is 13.1 Å². The Morgan fingerprint density at radius 2 is 1.94 bits per heavy atom. The number of carbonyl (C=O) groups is 1. The largest absolute Gasteiger partial charge is 0.388 e. The highest BCUT2D eigenvalue weighted by Crippen LogP contribution is 2.46. The first kappa shape index (κ1) is 23.2. The van der Waals surface area contributed by atoms with Crippen LogP contribution < -0.4 is 5.32 Å². The fraction of sp³-hybridized carbons (Fsp3) is 0.652. The Morgan fingerprint density at radius 1 is 1.28 bits per heavy atom. The number of fused-ring (bicyclic) bond motifs is 1. The monoisotopic (exact) mass is 468 g/mol. The SMILES string of the molecule is CC(C)(C1CCN(C(=O)NC2CCC(F)(F)CC2)CC1)[C@H](O)c1cc(Cl)cc2cn[nH]c12. The minimum absolute atomic E-state index is 0.167. The summed E-state index contributed by atoms with van der Waals surface area (Å²) >= 11 is 6.26. The number of aliphatic hydroxyl groups excluding tert-OH is 1. The van der Waals surface area contributed by atoms with Crippen LogP contribution in [0.1, 0.15) is 64.0 Å². The Bertz CT molecular complexity index is 962. The highest BCUT2D eigenvalue weighted by molar-refractivity contribution is 6.31. The fourth-order valence-electron chi connectivity index (χ4n) is 5.16. The molecule has 0 spiro atoms. The van der Waals surface area contributed by atoms with Gasteiger partial charge in [-0.15, -0.1) is 0 Å². The minimum Gasteiger partial charge on any atom is -0.388 e. The number of benzene rings is 1. The van der Waals surface area contributed by atoms with E-state index in [0.29, 0.717) is 31.0 Å². The lowest BCUT2D eigenvalue weighted by Gasteiger charge is -2.43. The van der Waals surface area contributed by atoms with Crippen LogP contribution in [0.25, 0.3) is 10.9 Å². The number of nitrogens with zero attached hydrogens (tertiary/aromatic N) is 2. The van der Waals surface area contributed by atoms with E-state index < -0.39 is 17.4 Å². The van der Waals surface area contributed by atoms with E-state index in [0.717, 1.165) is 29.3 Å². The summed E-state index contributed by atoms with van der Waals surface area (Å²) in [6, 6.07) is 3.24. The molecule has 2 fully saturated rings. The van der Waals surface area contributed by atoms with Crippen molar-refractivity contribution in [1.29, 1.82) is 0 Å². The summed E-state index contributed by atoms with van der Waals surface area (Å²) in [5.41, 5.74) is 1.06. The highest BCUT2D eigenvalue weighted by atomic mass is 35.5. The van der Waals surface area contributed by atoms with Crippen LogP contribution in [0.15, 0.2) is 18.3 Å². The van der Waals surface area contributed by atoms with Crippen molar-refractivity contribution in [1.82, 2.24) is 20.4 Å². The predicted molar refractivity (Wildman–Crippen MR) is 120 cm³/mol. The van der Waals surface area contributed by atoms with Crippen LogP contribution in [0.4, 0.5) is 13.6 Å². The molecule has 2 heterocycles. The van der Waals surface area contributed by atoms with Crippen LogP contribution in [0, 0.1) is 11.3 Å². The molecule has 0 unspecified atom stereocenters. The average Bonchev–Trinajstić information content (AvgIpc) is 3.22. The third-order valence-electron chi connectivity index (χ3n) is 7.42. The number of rotatable bonds is 4. The van der Waals surface area contributed by atoms with Gasteiger partial charge in [0, 0.05) is 47.9 Å². The first-order valence-corrected chi connectivity index (χ1v) is 11.7. The maximum Gasteiger partial charge on any atom is 0.317 e. The maximum atomic E-state index is 13.3. The van der Waals surface area contributed by atoms with Crippen molar-refractivity contribution in [3.05, 3.63) is 28.9 Å². The quantitative estimate of drug-likeness (QED) is 0.571. The number of H-pyrrole nitrogens is 1. The lowest BCUT2D eigenvalue weighted by molar-refractivity contribution is -0.0402. The zero-order chi connectivity index (χ0) is 23.1. The van der Waals surface area contributed by atoms with E-state index >= 15 is 0 Å². The van der Waals surface area contributed by atoms with Crippen molar-refractivity contribution >= 4 is 28.5 Å². The van der Waals surface area contributed by atoms with Gasteiger partial charge >= 0.3 is 6.03 Å². The predicted octanol–water partition coefficient (Wildman–Crippen LogP) is 5.28. The Hall–Kier alpha value is -1.93. The Labute approximate surface area is 191 Å². The van der Waals surface area contributed by atoms with Gasteiger partial charge in [-0.2, -0.15) is 5.10 Å². The molecule has 6 nitrogen and oxygen atoms in total. The van der Waals surface area contributed by atoms with Crippen molar-refractivity contribution in [2.24, 2.45) is 11.3 Å². The van der Waals surface area contributed by atoms with E-state index in [1.165, 1.54) is 0 Å². The summed E-state index contributed by atoms with van der Waals surface area (Å²) in [6.45, 7) is 5.24. The molecule has 1 saturated heterocycles. The molecule has 2 amide bonds. The number of nitrogens with one attached hydrogen (secondary N) is 2. The van der Waals surface area contributed by atoms with Gasteiger partial charge in [-0.3, -0.25) is 5.10 Å². The molecule has 176 valence electrons. The van der Waals surface area contributed by atoms with Crippen LogP contribution in [0.2, 0.25) is 5.02 Å². The molecule has 1 atom stereocenters. The van der Waals surface area contributed by atoms with Crippen molar-refractivity contribution in [3.8, 4) is 0 Å². The van der Waals surface area contributed by atoms with E-state index in [1.807, 2.05) is 19.9 Å². The third-order valence-corrected chi connectivity index (χ3v) is 7.64. The molecule has 9 heteroatoms. The molecule has 4 rings (SSSR count). The standard InChI is InChI=1S/C23H31ClF2N4O2/c1-22(2,20(31)18-12-16(24)11-14-13-27-29-19(14)18)15-5-9-30(10-6-15)21(32)28-17-3-7-23(25,26)8-4-17/h11-13,15,17,20,31H,3-10H2,1-2H3,(H,27,29)(H,28,32)/t20-/m1/s1. The van der Waals surface area contributed by atoms with Crippen LogP contribution in [0.3, 0.4) is 0 Å². The Kier molecular flexibility index (Phi) is 6.38. The van der Waals surface area contributed by atoms with Crippen molar-refractivity contribution in [2.45, 2.75) is 70.4 Å². The molecule has 0 radical (unpaired) electrons. The number of alkyl halides is 2. The smallest absolute Gasteiger partial charge is 0.317 e. The molecule has 1 aliphatic carbocycles. The topological polar surface area (TPSA) is 81.2 Å². The Balaban J connectivity index is 1.36. The summed E-state index contributed by atoms with van der Waals surface area (Å²) in [5.74, 6) is -2.40. The van der Waals surface area contributed by atoms with Crippen LogP contribution in [-0.4, -0.2) is 51.3 Å². The van der Waals surface area contributed by atoms with E-state index in [2.05, 4.69) is 15.5 Å². The third kappa shape index (κ3) is 4.71. The molecule has 2 aliphatic rings. The molecule has 1 saturated carbocycles. The maximum absolute atomic E-state index is 13.3. The number of aromatic nitrogens is 2. The zero-order valence-electron chi connectivity index (χ0n) is 18.5. The van der Waals surface area contributed by atoms with Crippen molar-refractivity contribution < 1.29 is 18.7 Å². The number of aromatic amines is 1. The number of hydrogen-bond donors (Lipinski definition) is 3. The van der Waals surface area contributed by atoms with Crippen LogP contribution >= 0.6 is 11.6 Å². The van der Waals surface area contributed by atoms with E-state index in [-0.39, 0.29) is 30.8 Å². The number of halogens is 3. The number of hydrogen-bond acceptors (Lipinski definition) is 3. The number of piperidine rings is 1. The van der Waals surface area contributed by atoms with Gasteiger partial charge in [0.15, 0.2) is 0 Å². The highest BCUT2D eigenvalue weighted by Gasteiger charge is 2.41. The van der Waals surface area contributed by atoms with Gasteiger partial charge in [0.1, 0.15) is 0 Å². The Morgan fingerprint density at radius 3 is 2.59 bits per heavy atom. The van der Waals surface area contributed by atoms with Crippen LogP contribution in [-0.2, 0) is 0 Å². The summed E-state index contributed by atoms with van der Waals surface area (Å²) in [4.78, 5) is 14.4. The summed E-state index contributed by atoms with van der Waals surface area (Å²) in [7, 11) is 0. The second kappa shape index (κ2) is 8.78. The molecule has 1 aromatic heterocycles. The summed E-state index contributed by atoms with van der Waals surface area (Å²) in [6.07, 6.45) is 2.75. The van der Waals surface area contributed by atoms with Gasteiger partial charge in [0.2, 0.25) is 5.92 Å². The number of aliphatic hydroxyl groups is 1. The van der Waals surface area contributed by atoms with Crippen molar-refractivity contribution in [3.63, 3.8) is 0 Å². The van der Waals surface area contributed by atoms with Gasteiger partial charge in [0.05, 0.1) is 17.8 Å². The number of likely N-dealkylation sites (tertiary alicyclic amines) is 1. The van der Waals surface area contributed by atoms with Gasteiger partial charge < -0.3 is 15.3 Å². The normalized spacial score (nSPS) is 21.6. The molecule has 1 aromatic carbocycles. The van der Waals surface area contributed by atoms with E-state index in [1.54, 1.807) is 17.2 Å². The second-order valence-electron chi connectivity index (χ2n) is 9.89. The zero-order valence-corrected chi connectivity index (χ0v) is 19.3. The molecule has 3 N–H and O–H groups in total. The van der Waals surface area contributed by atoms with Gasteiger partial charge in [0.25, 0.3) is 0 Å². The molecular weight excluding hydrogens is 438 g/mol. The van der Waals surface area contributed by atoms with Crippen LogP contribution in [0.5, 0.6) is 0 Å². The minimum atomic E-state index is -2.60. The van der Waals surface area contributed by atoms with Gasteiger partial charge in [-0.25, -0.2) is 13.6 Å². The second-order valence-corrected chi connectivity index (χ2v) is 10.3. The molecule has 32 heavy (non-hydrogen) atoms. The number of amides is 2. The van der Waals surface area contributed by atoms with Gasteiger partial charge in [-0.05, 0) is 49.1 Å². The molecule has 0 bridgehead atoms. The number of carbonyl (C=O) groups excluding carboxylic acids is 1. The first-order valence-electron chi connectivity index (χ1n) is 11.3. The van der Waals surface area contributed by atoms with E-state index in [9.17, 15) is 18.7 Å². The number of urea groups is 1. The van der Waals surface area contributed by atoms with E-state index in [4.69, 9.17) is 11.6 Å². The summed E-state index contributed by atoms with van der Waals surface area (Å²) < 4.78 is 26.7. The lowest BCUT2D eigenvalue weighted by Crippen LogP contribution is -2.50. The average molecular weight is 469 g/mol. The van der Waals surface area contributed by atoms with Gasteiger partial charge in [-0.1, -0.05) is 25.4 Å². The molecular formula is C23H31ClF2N4O2. The molecule has 1 aliphatic heterocycles. The first-order chi connectivity index (χ1) is 15.1. The summed E-state index contributed by atoms with van der Waals surface area (Å²) in [5, 5.41) is 22.7.